The highest BCUT2D eigenvalue weighted by Gasteiger charge is 2.29. The van der Waals surface area contributed by atoms with Gasteiger partial charge < -0.3 is 14.8 Å². The molecule has 1 aliphatic carbocycles. The Hall–Kier alpha value is -2.49. The molecule has 1 amide bonds. The van der Waals surface area contributed by atoms with Crippen molar-refractivity contribution < 1.29 is 14.3 Å². The molecule has 4 rings (SSSR count). The molecule has 2 aromatic carbocycles. The first-order valence-electron chi connectivity index (χ1n) is 8.50. The largest absolute Gasteiger partial charge is 0.486 e. The topological polar surface area (TPSA) is 47.6 Å². The summed E-state index contributed by atoms with van der Waals surface area (Å²) in [5.74, 6) is 1.59. The molecule has 124 valence electrons. The Labute approximate surface area is 141 Å². The molecule has 0 aromatic heterocycles. The summed E-state index contributed by atoms with van der Waals surface area (Å²) in [5.41, 5.74) is 3.49. The van der Waals surface area contributed by atoms with E-state index >= 15 is 0 Å². The van der Waals surface area contributed by atoms with Crippen LogP contribution >= 0.6 is 0 Å². The summed E-state index contributed by atoms with van der Waals surface area (Å²) in [6, 6.07) is 14.0. The normalized spacial score (nSPS) is 19.5. The van der Waals surface area contributed by atoms with Crippen LogP contribution in [0.1, 0.15) is 42.0 Å². The van der Waals surface area contributed by atoms with Crippen LogP contribution in [0.15, 0.2) is 42.5 Å². The van der Waals surface area contributed by atoms with Crippen molar-refractivity contribution in [1.29, 1.82) is 0 Å². The predicted octanol–water partition coefficient (Wildman–Crippen LogP) is 3.37. The zero-order valence-electron chi connectivity index (χ0n) is 13.7. The minimum atomic E-state index is -0.0684. The Morgan fingerprint density at radius 3 is 2.79 bits per heavy atom. The molecule has 1 N–H and O–H groups in total. The van der Waals surface area contributed by atoms with E-state index in [1.807, 2.05) is 37.3 Å². The average Bonchev–Trinajstić information content (AvgIpc) is 3.05. The maximum atomic E-state index is 12.7. The molecule has 2 aliphatic rings. The van der Waals surface area contributed by atoms with Crippen molar-refractivity contribution in [3.05, 3.63) is 59.2 Å². The van der Waals surface area contributed by atoms with Crippen molar-refractivity contribution in [3.8, 4) is 11.5 Å². The molecule has 0 bridgehead atoms. The number of benzene rings is 2. The molecule has 2 aromatic rings. The Morgan fingerprint density at radius 1 is 1.12 bits per heavy atom. The number of aryl methyl sites for hydroxylation is 1. The predicted molar refractivity (Wildman–Crippen MR) is 91.5 cm³/mol. The number of ether oxygens (including phenoxy) is 2. The Morgan fingerprint density at radius 2 is 1.92 bits per heavy atom. The second kappa shape index (κ2) is 6.19. The molecule has 0 radical (unpaired) electrons. The minimum absolute atomic E-state index is 0.0409. The fraction of sp³-hybridized carbons (Fsp3) is 0.350. The lowest BCUT2D eigenvalue weighted by molar-refractivity contribution is -0.123. The van der Waals surface area contributed by atoms with E-state index in [1.54, 1.807) is 0 Å². The standard InChI is InChI=1S/C20H21NO3/c1-13(15-7-9-18-19(12-15)24-11-10-23-18)21-20(22)17-8-6-14-4-2-3-5-16(14)17/h2-5,7,9,12-13,17H,6,8,10-11H2,1H3,(H,21,22). The van der Waals surface area contributed by atoms with Crippen LogP contribution in [0.4, 0.5) is 0 Å². The molecular weight excluding hydrogens is 302 g/mol. The average molecular weight is 323 g/mol. The van der Waals surface area contributed by atoms with Gasteiger partial charge in [0.1, 0.15) is 13.2 Å². The lowest BCUT2D eigenvalue weighted by Gasteiger charge is -2.22. The number of carbonyl (C=O) groups excluding carboxylic acids is 1. The van der Waals surface area contributed by atoms with E-state index in [9.17, 15) is 4.79 Å². The van der Waals surface area contributed by atoms with Gasteiger partial charge >= 0.3 is 0 Å². The zero-order valence-corrected chi connectivity index (χ0v) is 13.7. The van der Waals surface area contributed by atoms with Crippen molar-refractivity contribution in [1.82, 2.24) is 5.32 Å². The molecule has 2 atom stereocenters. The number of hydrogen-bond donors (Lipinski definition) is 1. The van der Waals surface area contributed by atoms with Crippen LogP contribution in [0.2, 0.25) is 0 Å². The number of hydrogen-bond acceptors (Lipinski definition) is 3. The van der Waals surface area contributed by atoms with Gasteiger partial charge in [0.05, 0.1) is 12.0 Å². The molecule has 24 heavy (non-hydrogen) atoms. The van der Waals surface area contributed by atoms with Gasteiger partial charge in [-0.05, 0) is 48.6 Å². The Balaban J connectivity index is 1.48. The Kier molecular flexibility index (Phi) is 3.89. The smallest absolute Gasteiger partial charge is 0.228 e. The number of carbonyl (C=O) groups is 1. The monoisotopic (exact) mass is 323 g/mol. The highest BCUT2D eigenvalue weighted by Crippen LogP contribution is 2.35. The second-order valence-corrected chi connectivity index (χ2v) is 6.42. The number of fused-ring (bicyclic) bond motifs is 2. The summed E-state index contributed by atoms with van der Waals surface area (Å²) in [4.78, 5) is 12.7. The van der Waals surface area contributed by atoms with Gasteiger partial charge in [0.2, 0.25) is 5.91 Å². The van der Waals surface area contributed by atoms with Crippen LogP contribution in [0, 0.1) is 0 Å². The summed E-state index contributed by atoms with van der Waals surface area (Å²) in [6.45, 7) is 3.15. The third kappa shape index (κ3) is 2.73. The van der Waals surface area contributed by atoms with E-state index in [4.69, 9.17) is 9.47 Å². The van der Waals surface area contributed by atoms with Crippen LogP contribution in [0.25, 0.3) is 0 Å². The quantitative estimate of drug-likeness (QED) is 0.942. The maximum Gasteiger partial charge on any atom is 0.228 e. The van der Waals surface area contributed by atoms with E-state index in [-0.39, 0.29) is 17.9 Å². The van der Waals surface area contributed by atoms with E-state index in [1.165, 1.54) is 11.1 Å². The molecule has 0 saturated heterocycles. The van der Waals surface area contributed by atoms with Crippen molar-refractivity contribution in [2.24, 2.45) is 0 Å². The van der Waals surface area contributed by atoms with Gasteiger partial charge in [-0.3, -0.25) is 4.79 Å². The lowest BCUT2D eigenvalue weighted by atomic mass is 9.99. The van der Waals surface area contributed by atoms with Crippen molar-refractivity contribution in [3.63, 3.8) is 0 Å². The van der Waals surface area contributed by atoms with E-state index in [0.717, 1.165) is 29.9 Å². The fourth-order valence-electron chi connectivity index (χ4n) is 3.56. The van der Waals surface area contributed by atoms with Gasteiger partial charge in [-0.1, -0.05) is 30.3 Å². The molecule has 2 unspecified atom stereocenters. The summed E-state index contributed by atoms with van der Waals surface area (Å²) >= 11 is 0. The van der Waals surface area contributed by atoms with Crippen LogP contribution in [0.5, 0.6) is 11.5 Å². The fourth-order valence-corrected chi connectivity index (χ4v) is 3.56. The Bertz CT molecular complexity index is 771. The van der Waals surface area contributed by atoms with Crippen molar-refractivity contribution >= 4 is 5.91 Å². The molecule has 0 spiro atoms. The third-order valence-electron chi connectivity index (χ3n) is 4.87. The first-order chi connectivity index (χ1) is 11.7. The molecule has 0 saturated carbocycles. The first-order valence-corrected chi connectivity index (χ1v) is 8.50. The first kappa shape index (κ1) is 15.1. The molecular formula is C20H21NO3. The molecule has 4 nitrogen and oxygen atoms in total. The van der Waals surface area contributed by atoms with Crippen LogP contribution in [0.3, 0.4) is 0 Å². The van der Waals surface area contributed by atoms with Gasteiger partial charge in [0, 0.05) is 0 Å². The highest BCUT2D eigenvalue weighted by molar-refractivity contribution is 5.85. The highest BCUT2D eigenvalue weighted by atomic mass is 16.6. The third-order valence-corrected chi connectivity index (χ3v) is 4.87. The molecule has 1 heterocycles. The zero-order chi connectivity index (χ0) is 16.5. The molecule has 1 aliphatic heterocycles. The number of amides is 1. The van der Waals surface area contributed by atoms with Crippen LogP contribution in [-0.4, -0.2) is 19.1 Å². The van der Waals surface area contributed by atoms with E-state index in [0.29, 0.717) is 13.2 Å². The maximum absolute atomic E-state index is 12.7. The molecule has 4 heteroatoms. The number of nitrogens with one attached hydrogen (secondary N) is 1. The van der Waals surface area contributed by atoms with Crippen molar-refractivity contribution in [2.75, 3.05) is 13.2 Å². The second-order valence-electron chi connectivity index (χ2n) is 6.42. The SMILES string of the molecule is CC(NC(=O)C1CCc2ccccc21)c1ccc2c(c1)OCCO2. The molecule has 0 fully saturated rings. The summed E-state index contributed by atoms with van der Waals surface area (Å²) in [7, 11) is 0. The van der Waals surface area contributed by atoms with Gasteiger partial charge in [0.15, 0.2) is 11.5 Å². The van der Waals surface area contributed by atoms with Crippen molar-refractivity contribution in [2.45, 2.75) is 31.7 Å². The summed E-state index contributed by atoms with van der Waals surface area (Å²) in [6.07, 6.45) is 1.87. The van der Waals surface area contributed by atoms with Gasteiger partial charge in [-0.2, -0.15) is 0 Å². The lowest BCUT2D eigenvalue weighted by Crippen LogP contribution is -2.31. The van der Waals surface area contributed by atoms with Gasteiger partial charge in [0.25, 0.3) is 0 Å². The number of rotatable bonds is 3. The van der Waals surface area contributed by atoms with Gasteiger partial charge in [-0.25, -0.2) is 0 Å². The van der Waals surface area contributed by atoms with Gasteiger partial charge in [-0.15, -0.1) is 0 Å². The summed E-state index contributed by atoms with van der Waals surface area (Å²) in [5, 5.41) is 3.15. The summed E-state index contributed by atoms with van der Waals surface area (Å²) < 4.78 is 11.2. The minimum Gasteiger partial charge on any atom is -0.486 e. The van der Waals surface area contributed by atoms with E-state index in [2.05, 4.69) is 17.4 Å². The van der Waals surface area contributed by atoms with Crippen LogP contribution in [-0.2, 0) is 11.2 Å². The van der Waals surface area contributed by atoms with Crippen LogP contribution < -0.4 is 14.8 Å². The van der Waals surface area contributed by atoms with E-state index < -0.39 is 0 Å².